The van der Waals surface area contributed by atoms with E-state index in [-0.39, 0.29) is 0 Å². The van der Waals surface area contributed by atoms with E-state index in [1.807, 2.05) is 0 Å². The normalized spacial score (nSPS) is 23.8. The first-order valence-electron chi connectivity index (χ1n) is 5.22. The fourth-order valence-corrected chi connectivity index (χ4v) is 2.03. The van der Waals surface area contributed by atoms with Crippen LogP contribution < -0.4 is 5.32 Å². The van der Waals surface area contributed by atoms with Gasteiger partial charge < -0.3 is 5.32 Å². The molecular weight excluding hydrogens is 158 g/mol. The van der Waals surface area contributed by atoms with E-state index in [2.05, 4.69) is 35.6 Å². The predicted molar refractivity (Wildman–Crippen MR) is 55.9 cm³/mol. The molecule has 0 spiro atoms. The lowest BCUT2D eigenvalue weighted by Gasteiger charge is -2.13. The third-order valence-electron chi connectivity index (χ3n) is 2.82. The van der Waals surface area contributed by atoms with Crippen molar-refractivity contribution in [2.75, 3.05) is 13.1 Å². The third kappa shape index (κ3) is 2.31. The first-order valence-corrected chi connectivity index (χ1v) is 5.22. The Labute approximate surface area is 80.2 Å². The molecule has 70 valence electrons. The second kappa shape index (κ2) is 4.43. The van der Waals surface area contributed by atoms with Gasteiger partial charge in [-0.05, 0) is 30.9 Å². The minimum absolute atomic E-state index is 0.740. The summed E-state index contributed by atoms with van der Waals surface area (Å²) in [6.45, 7) is 2.35. The maximum Gasteiger partial charge on any atom is 0.00201 e. The molecule has 1 aromatic carbocycles. The average molecular weight is 175 g/mol. The lowest BCUT2D eigenvalue weighted by atomic mass is 9.95. The number of hydrogen-bond acceptors (Lipinski definition) is 1. The zero-order valence-electron chi connectivity index (χ0n) is 8.00. The Balaban J connectivity index is 2.06. The van der Waals surface area contributed by atoms with Gasteiger partial charge >= 0.3 is 0 Å². The molecule has 1 fully saturated rings. The van der Waals surface area contributed by atoms with Gasteiger partial charge in [-0.15, -0.1) is 0 Å². The van der Waals surface area contributed by atoms with Crippen LogP contribution in [0.15, 0.2) is 30.3 Å². The summed E-state index contributed by atoms with van der Waals surface area (Å²) in [7, 11) is 0. The minimum Gasteiger partial charge on any atom is -0.316 e. The first-order chi connectivity index (χ1) is 6.47. The van der Waals surface area contributed by atoms with Crippen LogP contribution in [0.1, 0.15) is 30.7 Å². The summed E-state index contributed by atoms with van der Waals surface area (Å²) in [6, 6.07) is 10.9. The van der Waals surface area contributed by atoms with E-state index in [0.717, 1.165) is 12.5 Å². The van der Waals surface area contributed by atoms with Crippen molar-refractivity contribution in [2.24, 2.45) is 0 Å². The fourth-order valence-electron chi connectivity index (χ4n) is 2.03. The molecule has 1 atom stereocenters. The monoisotopic (exact) mass is 175 g/mol. The maximum absolute atomic E-state index is 3.50. The van der Waals surface area contributed by atoms with Gasteiger partial charge in [0.1, 0.15) is 0 Å². The summed E-state index contributed by atoms with van der Waals surface area (Å²) < 4.78 is 0. The number of rotatable bonds is 1. The molecule has 0 amide bonds. The van der Waals surface area contributed by atoms with Crippen molar-refractivity contribution in [1.29, 1.82) is 0 Å². The highest BCUT2D eigenvalue weighted by atomic mass is 14.9. The molecule has 0 aliphatic carbocycles. The Morgan fingerprint density at radius 2 is 1.92 bits per heavy atom. The summed E-state index contributed by atoms with van der Waals surface area (Å²) in [5, 5.41) is 3.50. The molecule has 0 unspecified atom stereocenters. The Morgan fingerprint density at radius 3 is 2.77 bits per heavy atom. The van der Waals surface area contributed by atoms with Crippen LogP contribution in [0.5, 0.6) is 0 Å². The van der Waals surface area contributed by atoms with Gasteiger partial charge in [-0.25, -0.2) is 0 Å². The molecule has 1 N–H and O–H groups in total. The van der Waals surface area contributed by atoms with Gasteiger partial charge in [0.2, 0.25) is 0 Å². The van der Waals surface area contributed by atoms with E-state index >= 15 is 0 Å². The largest absolute Gasteiger partial charge is 0.316 e. The Bertz CT molecular complexity index is 235. The van der Waals surface area contributed by atoms with Crippen molar-refractivity contribution in [1.82, 2.24) is 5.32 Å². The second-order valence-electron chi connectivity index (χ2n) is 3.81. The minimum atomic E-state index is 0.740. The van der Waals surface area contributed by atoms with Gasteiger partial charge in [-0.1, -0.05) is 36.8 Å². The van der Waals surface area contributed by atoms with Crippen LogP contribution in [0.3, 0.4) is 0 Å². The van der Waals surface area contributed by atoms with Crippen molar-refractivity contribution >= 4 is 0 Å². The SMILES string of the molecule is c1ccc([C@H]2CCCCNC2)cc1. The van der Waals surface area contributed by atoms with Crippen LogP contribution in [0.25, 0.3) is 0 Å². The molecule has 0 saturated carbocycles. The molecule has 1 saturated heterocycles. The van der Waals surface area contributed by atoms with Gasteiger partial charge in [-0.2, -0.15) is 0 Å². The molecule has 1 aliphatic rings. The highest BCUT2D eigenvalue weighted by Gasteiger charge is 2.12. The van der Waals surface area contributed by atoms with E-state index in [9.17, 15) is 0 Å². The van der Waals surface area contributed by atoms with Crippen molar-refractivity contribution in [3.8, 4) is 0 Å². The molecule has 1 aromatic rings. The molecule has 13 heavy (non-hydrogen) atoms. The number of nitrogens with one attached hydrogen (secondary N) is 1. The Hall–Kier alpha value is -0.820. The lowest BCUT2D eigenvalue weighted by Crippen LogP contribution is -2.19. The molecule has 2 rings (SSSR count). The van der Waals surface area contributed by atoms with E-state index in [1.165, 1.54) is 31.4 Å². The number of benzene rings is 1. The Kier molecular flexibility index (Phi) is 2.98. The topological polar surface area (TPSA) is 12.0 Å². The maximum atomic E-state index is 3.50. The van der Waals surface area contributed by atoms with Crippen LogP contribution in [0.4, 0.5) is 0 Å². The second-order valence-corrected chi connectivity index (χ2v) is 3.81. The summed E-state index contributed by atoms with van der Waals surface area (Å²) in [5.41, 5.74) is 1.50. The zero-order chi connectivity index (χ0) is 8.93. The van der Waals surface area contributed by atoms with Crippen LogP contribution in [0, 0.1) is 0 Å². The highest BCUT2D eigenvalue weighted by molar-refractivity contribution is 5.19. The van der Waals surface area contributed by atoms with Gasteiger partial charge in [0, 0.05) is 6.54 Å². The van der Waals surface area contributed by atoms with Crippen LogP contribution >= 0.6 is 0 Å². The number of hydrogen-bond donors (Lipinski definition) is 1. The molecule has 1 heteroatoms. The molecule has 0 bridgehead atoms. The van der Waals surface area contributed by atoms with Crippen molar-refractivity contribution < 1.29 is 0 Å². The first kappa shape index (κ1) is 8.76. The third-order valence-corrected chi connectivity index (χ3v) is 2.82. The van der Waals surface area contributed by atoms with Crippen LogP contribution in [-0.4, -0.2) is 13.1 Å². The van der Waals surface area contributed by atoms with Crippen LogP contribution in [-0.2, 0) is 0 Å². The summed E-state index contributed by atoms with van der Waals surface area (Å²) >= 11 is 0. The molecular formula is C12H17N. The summed E-state index contributed by atoms with van der Waals surface area (Å²) in [4.78, 5) is 0. The molecule has 0 radical (unpaired) electrons. The van der Waals surface area contributed by atoms with Gasteiger partial charge in [0.25, 0.3) is 0 Å². The van der Waals surface area contributed by atoms with Gasteiger partial charge in [0.05, 0.1) is 0 Å². The summed E-state index contributed by atoms with van der Waals surface area (Å²) in [6.07, 6.45) is 4.05. The van der Waals surface area contributed by atoms with E-state index < -0.39 is 0 Å². The van der Waals surface area contributed by atoms with Crippen molar-refractivity contribution in [3.05, 3.63) is 35.9 Å². The fraction of sp³-hybridized carbons (Fsp3) is 0.500. The standard InChI is InChI=1S/C12H17N/c1-2-6-11(7-3-1)12-8-4-5-9-13-10-12/h1-3,6-7,12-13H,4-5,8-10H2/t12-/m0/s1. The predicted octanol–water partition coefficient (Wildman–Crippen LogP) is 2.54. The van der Waals surface area contributed by atoms with Crippen LogP contribution in [0.2, 0.25) is 0 Å². The lowest BCUT2D eigenvalue weighted by molar-refractivity contribution is 0.610. The van der Waals surface area contributed by atoms with E-state index in [0.29, 0.717) is 0 Å². The van der Waals surface area contributed by atoms with Gasteiger partial charge in [-0.3, -0.25) is 0 Å². The Morgan fingerprint density at radius 1 is 1.08 bits per heavy atom. The molecule has 1 nitrogen and oxygen atoms in total. The smallest absolute Gasteiger partial charge is 0.00201 e. The average Bonchev–Trinajstić information content (AvgIpc) is 2.47. The molecule has 1 aliphatic heterocycles. The van der Waals surface area contributed by atoms with E-state index in [1.54, 1.807) is 0 Å². The van der Waals surface area contributed by atoms with E-state index in [4.69, 9.17) is 0 Å². The molecule has 1 heterocycles. The van der Waals surface area contributed by atoms with Crippen molar-refractivity contribution in [3.63, 3.8) is 0 Å². The highest BCUT2D eigenvalue weighted by Crippen LogP contribution is 2.22. The summed E-state index contributed by atoms with van der Waals surface area (Å²) in [5.74, 6) is 0.740. The van der Waals surface area contributed by atoms with Gasteiger partial charge in [0.15, 0.2) is 0 Å². The quantitative estimate of drug-likeness (QED) is 0.691. The zero-order valence-corrected chi connectivity index (χ0v) is 8.00. The molecule has 0 aromatic heterocycles. The van der Waals surface area contributed by atoms with Crippen molar-refractivity contribution in [2.45, 2.75) is 25.2 Å².